The molecule has 9 heteroatoms. The fourth-order valence-corrected chi connectivity index (χ4v) is 3.92. The molecule has 0 amide bonds. The number of pyridine rings is 2. The van der Waals surface area contributed by atoms with Crippen LogP contribution < -0.4 is 10.2 Å². The maximum atomic E-state index is 14.7. The molecule has 0 aromatic carbocycles. The number of aliphatic hydroxyl groups is 1. The lowest BCUT2D eigenvalue weighted by molar-refractivity contribution is 0.0995. The molecule has 27 heavy (non-hydrogen) atoms. The average molecular weight is 389 g/mol. The van der Waals surface area contributed by atoms with Gasteiger partial charge in [0, 0.05) is 31.2 Å². The summed E-state index contributed by atoms with van der Waals surface area (Å²) >= 11 is 6.33. The number of hydrogen-bond acceptors (Lipinski definition) is 6. The Hall–Kier alpha value is -2.29. The molecular weight excluding hydrogens is 371 g/mol. The first kappa shape index (κ1) is 16.9. The maximum Gasteiger partial charge on any atom is 0.181 e. The summed E-state index contributed by atoms with van der Waals surface area (Å²) in [6.45, 7) is 1.95. The van der Waals surface area contributed by atoms with Crippen LogP contribution in [-0.2, 0) is 0 Å². The van der Waals surface area contributed by atoms with Gasteiger partial charge in [0.05, 0.1) is 22.4 Å². The van der Waals surface area contributed by atoms with Gasteiger partial charge in [0.15, 0.2) is 11.5 Å². The molecule has 3 N–H and O–H groups in total. The summed E-state index contributed by atoms with van der Waals surface area (Å²) in [6, 6.07) is 4.83. The maximum absolute atomic E-state index is 14.7. The van der Waals surface area contributed by atoms with Gasteiger partial charge in [-0.25, -0.2) is 14.4 Å². The summed E-state index contributed by atoms with van der Waals surface area (Å²) < 4.78 is 14.7. The van der Waals surface area contributed by atoms with Crippen molar-refractivity contribution in [2.45, 2.75) is 24.5 Å². The first-order valence-corrected chi connectivity index (χ1v) is 9.29. The molecule has 1 saturated carbocycles. The average Bonchev–Trinajstić information content (AvgIpc) is 3.29. The number of nitrogens with one attached hydrogen (secondary N) is 2. The third kappa shape index (κ3) is 2.84. The molecule has 7 nitrogen and oxygen atoms in total. The second-order valence-electron chi connectivity index (χ2n) is 7.15. The molecule has 1 atom stereocenters. The third-order valence-corrected chi connectivity index (χ3v) is 5.64. The lowest BCUT2D eigenvalue weighted by Crippen LogP contribution is -2.57. The SMILES string of the molecule is OC1([C@@H]2CN(c3nc(-c4[nH]nc5ncccc45)c(F)cc3Cl)CCN2)CC1. The fourth-order valence-electron chi connectivity index (χ4n) is 3.66. The summed E-state index contributed by atoms with van der Waals surface area (Å²) in [6.07, 6.45) is 3.22. The molecule has 3 aromatic rings. The van der Waals surface area contributed by atoms with Crippen LogP contribution >= 0.6 is 11.6 Å². The summed E-state index contributed by atoms with van der Waals surface area (Å²) in [5.74, 6) is -0.0129. The van der Waals surface area contributed by atoms with Crippen LogP contribution in [0.25, 0.3) is 22.4 Å². The molecule has 5 rings (SSSR count). The van der Waals surface area contributed by atoms with Crippen LogP contribution in [-0.4, -0.2) is 56.5 Å². The normalized spacial score (nSPS) is 21.6. The van der Waals surface area contributed by atoms with Crippen molar-refractivity contribution in [2.24, 2.45) is 0 Å². The fraction of sp³-hybridized carbons (Fsp3) is 0.389. The molecule has 2 fully saturated rings. The zero-order valence-corrected chi connectivity index (χ0v) is 15.2. The Morgan fingerprint density at radius 3 is 3.04 bits per heavy atom. The molecular formula is C18H18ClFN6O. The Bertz CT molecular complexity index is 1020. The van der Waals surface area contributed by atoms with Crippen molar-refractivity contribution in [1.82, 2.24) is 25.5 Å². The van der Waals surface area contributed by atoms with Crippen LogP contribution in [0.2, 0.25) is 5.02 Å². The number of nitrogens with zero attached hydrogens (tertiary/aromatic N) is 4. The summed E-state index contributed by atoms with van der Waals surface area (Å²) in [5.41, 5.74) is 0.480. The van der Waals surface area contributed by atoms with E-state index in [1.807, 2.05) is 11.0 Å². The summed E-state index contributed by atoms with van der Waals surface area (Å²) in [4.78, 5) is 10.7. The summed E-state index contributed by atoms with van der Waals surface area (Å²) in [7, 11) is 0. The molecule has 140 valence electrons. The quantitative estimate of drug-likeness (QED) is 0.636. The van der Waals surface area contributed by atoms with Gasteiger partial charge in [0.1, 0.15) is 11.5 Å². The minimum Gasteiger partial charge on any atom is -0.388 e. The molecule has 0 radical (unpaired) electrons. The second kappa shape index (κ2) is 6.12. The Labute approximate surface area is 159 Å². The van der Waals surface area contributed by atoms with Crippen LogP contribution in [0.4, 0.5) is 10.2 Å². The molecule has 2 aliphatic rings. The number of piperazine rings is 1. The van der Waals surface area contributed by atoms with E-state index < -0.39 is 11.4 Å². The number of hydrogen-bond donors (Lipinski definition) is 3. The highest BCUT2D eigenvalue weighted by atomic mass is 35.5. The molecule has 3 aromatic heterocycles. The first-order chi connectivity index (χ1) is 13.0. The molecule has 0 bridgehead atoms. The number of fused-ring (bicyclic) bond motifs is 1. The highest BCUT2D eigenvalue weighted by molar-refractivity contribution is 6.33. The largest absolute Gasteiger partial charge is 0.388 e. The van der Waals surface area contributed by atoms with E-state index in [0.717, 1.165) is 12.8 Å². The number of H-pyrrole nitrogens is 1. The molecule has 1 aliphatic carbocycles. The van der Waals surface area contributed by atoms with Gasteiger partial charge in [-0.05, 0) is 31.0 Å². The van der Waals surface area contributed by atoms with Crippen molar-refractivity contribution in [3.63, 3.8) is 0 Å². The lowest BCUT2D eigenvalue weighted by Gasteiger charge is -2.37. The van der Waals surface area contributed by atoms with E-state index in [1.165, 1.54) is 6.07 Å². The van der Waals surface area contributed by atoms with E-state index in [9.17, 15) is 9.50 Å². The Kier molecular flexibility index (Phi) is 3.82. The van der Waals surface area contributed by atoms with Gasteiger partial charge >= 0.3 is 0 Å². The number of aromatic nitrogens is 4. The van der Waals surface area contributed by atoms with E-state index in [-0.39, 0.29) is 16.8 Å². The molecule has 1 aliphatic heterocycles. The van der Waals surface area contributed by atoms with Gasteiger partial charge in [-0.1, -0.05) is 11.6 Å². The minimum absolute atomic E-state index is 0.0465. The molecule has 4 heterocycles. The van der Waals surface area contributed by atoms with Gasteiger partial charge in [-0.2, -0.15) is 5.10 Å². The molecule has 0 spiro atoms. The predicted octanol–water partition coefficient (Wildman–Crippen LogP) is 2.12. The number of anilines is 1. The van der Waals surface area contributed by atoms with Gasteiger partial charge in [-0.3, -0.25) is 5.10 Å². The van der Waals surface area contributed by atoms with Crippen molar-refractivity contribution < 1.29 is 9.50 Å². The number of aromatic amines is 1. The van der Waals surface area contributed by atoms with Crippen LogP contribution in [0, 0.1) is 5.82 Å². The van der Waals surface area contributed by atoms with Crippen molar-refractivity contribution in [3.05, 3.63) is 35.2 Å². The van der Waals surface area contributed by atoms with Gasteiger partial charge in [-0.15, -0.1) is 0 Å². The lowest BCUT2D eigenvalue weighted by atomic mass is 10.1. The van der Waals surface area contributed by atoms with Crippen LogP contribution in [0.15, 0.2) is 24.4 Å². The first-order valence-electron chi connectivity index (χ1n) is 8.91. The van der Waals surface area contributed by atoms with Gasteiger partial charge in [0.25, 0.3) is 0 Å². The van der Waals surface area contributed by atoms with E-state index in [4.69, 9.17) is 11.6 Å². The third-order valence-electron chi connectivity index (χ3n) is 5.36. The van der Waals surface area contributed by atoms with E-state index in [0.29, 0.717) is 42.2 Å². The zero-order valence-electron chi connectivity index (χ0n) is 14.4. The van der Waals surface area contributed by atoms with Crippen LogP contribution in [0.3, 0.4) is 0 Å². The van der Waals surface area contributed by atoms with Crippen LogP contribution in [0.1, 0.15) is 12.8 Å². The van der Waals surface area contributed by atoms with Gasteiger partial charge < -0.3 is 15.3 Å². The van der Waals surface area contributed by atoms with E-state index in [1.54, 1.807) is 12.3 Å². The monoisotopic (exact) mass is 388 g/mol. The van der Waals surface area contributed by atoms with Crippen molar-refractivity contribution in [1.29, 1.82) is 0 Å². The zero-order chi connectivity index (χ0) is 18.6. The topological polar surface area (TPSA) is 90.0 Å². The van der Waals surface area contributed by atoms with Crippen LogP contribution in [0.5, 0.6) is 0 Å². The summed E-state index contributed by atoms with van der Waals surface area (Å²) in [5, 5.41) is 21.7. The number of halogens is 2. The highest BCUT2D eigenvalue weighted by Gasteiger charge is 2.49. The predicted molar refractivity (Wildman–Crippen MR) is 100 cm³/mol. The molecule has 0 unspecified atom stereocenters. The smallest absolute Gasteiger partial charge is 0.181 e. The van der Waals surface area contributed by atoms with Crippen molar-refractivity contribution in [2.75, 3.05) is 24.5 Å². The van der Waals surface area contributed by atoms with Gasteiger partial charge in [0.2, 0.25) is 0 Å². The van der Waals surface area contributed by atoms with E-state index in [2.05, 4.69) is 25.5 Å². The van der Waals surface area contributed by atoms with E-state index >= 15 is 0 Å². The Morgan fingerprint density at radius 1 is 1.37 bits per heavy atom. The Balaban J connectivity index is 1.55. The Morgan fingerprint density at radius 2 is 2.22 bits per heavy atom. The van der Waals surface area contributed by atoms with Crippen molar-refractivity contribution >= 4 is 28.5 Å². The molecule has 1 saturated heterocycles. The second-order valence-corrected chi connectivity index (χ2v) is 7.56. The minimum atomic E-state index is -0.654. The standard InChI is InChI=1S/C18H18ClFN6O/c19-11-8-12(20)15(14-10-2-1-5-22-16(10)25-24-14)23-17(11)26-7-6-21-13(9-26)18(27)3-4-18/h1-2,5,8,13,21,27H,3-4,6-7,9H2,(H,22,24,25)/t13-/m0/s1. The van der Waals surface area contributed by atoms with Crippen molar-refractivity contribution in [3.8, 4) is 11.4 Å². The highest BCUT2D eigenvalue weighted by Crippen LogP contribution is 2.40. The number of rotatable bonds is 3.